The Balaban J connectivity index is 0.938. The summed E-state index contributed by atoms with van der Waals surface area (Å²) >= 11 is 0. The van der Waals surface area contributed by atoms with Crippen LogP contribution < -0.4 is 5.73 Å². The van der Waals surface area contributed by atoms with E-state index in [1.54, 1.807) is 13.8 Å². The van der Waals surface area contributed by atoms with Gasteiger partial charge >= 0.3 is 5.97 Å². The number of hydrogen-bond acceptors (Lipinski definition) is 11. The fourth-order valence-corrected chi connectivity index (χ4v) is 14.7. The van der Waals surface area contributed by atoms with Crippen LogP contribution >= 0.6 is 0 Å². The van der Waals surface area contributed by atoms with E-state index >= 15 is 0 Å². The lowest BCUT2D eigenvalue weighted by molar-refractivity contribution is -0.254. The molecule has 9 rings (SSSR count). The predicted molar refractivity (Wildman–Crippen MR) is 191 cm³/mol. The van der Waals surface area contributed by atoms with E-state index in [0.717, 1.165) is 64.8 Å². The van der Waals surface area contributed by atoms with Crippen LogP contribution in [0, 0.1) is 51.2 Å². The molecule has 52 heavy (non-hydrogen) atoms. The lowest BCUT2D eigenvalue weighted by Crippen LogP contribution is -2.70. The highest BCUT2D eigenvalue weighted by molar-refractivity contribution is 5.73. The number of carbonyl (C=O) groups is 1. The molecule has 4 heterocycles. The third kappa shape index (κ3) is 5.04. The Morgan fingerprint density at radius 2 is 1.73 bits per heavy atom. The van der Waals surface area contributed by atoms with Gasteiger partial charge < -0.3 is 44.4 Å². The number of carbonyl (C=O) groups excluding carboxylic acids is 1. The van der Waals surface area contributed by atoms with Gasteiger partial charge in [0.05, 0.1) is 80.5 Å². The summed E-state index contributed by atoms with van der Waals surface area (Å²) in [5.74, 6) is 0.332. The molecule has 5 saturated carbocycles. The topological polar surface area (TPSA) is 142 Å². The standard InChI is InChI=1S/C41H66N2O9/c1-23-17-26(34(37(4,5)46)52-35(45)24-10-15-47-19-24)50-32-31(23)38(6)12-13-40-22-39(40)11-9-29(51-30-18-43(14-16-49-30)25-20-48-21-25)36(2,3)27(39)7-8-28(40)41(38,42)33(32)44/h23-34,44,46H,7-22,42H2,1-6H3/t23-,24?,26?,27+,28?,29+,30?,31+,32?,33+,34+,38?,39?,40?,41+/m1/s1. The van der Waals surface area contributed by atoms with Gasteiger partial charge in [-0.2, -0.15) is 0 Å². The molecule has 11 nitrogen and oxygen atoms in total. The summed E-state index contributed by atoms with van der Waals surface area (Å²) in [7, 11) is 0. The van der Waals surface area contributed by atoms with E-state index in [0.29, 0.717) is 44.6 Å². The van der Waals surface area contributed by atoms with Gasteiger partial charge in [0.15, 0.2) is 12.4 Å². The molecule has 8 unspecified atom stereocenters. The van der Waals surface area contributed by atoms with Crippen LogP contribution in [0.4, 0.5) is 0 Å². The van der Waals surface area contributed by atoms with E-state index in [4.69, 9.17) is 34.2 Å². The molecule has 0 bridgehead atoms. The number of aliphatic hydroxyl groups is 2. The highest BCUT2D eigenvalue weighted by Gasteiger charge is 2.85. The molecule has 0 radical (unpaired) electrons. The van der Waals surface area contributed by atoms with Gasteiger partial charge in [-0.05, 0) is 117 Å². The van der Waals surface area contributed by atoms with Gasteiger partial charge in [0.25, 0.3) is 0 Å². The molecule has 0 amide bonds. The third-order valence-corrected chi connectivity index (χ3v) is 17.3. The zero-order valence-corrected chi connectivity index (χ0v) is 32.5. The number of ether oxygens (including phenoxy) is 6. The predicted octanol–water partition coefficient (Wildman–Crippen LogP) is 3.65. The summed E-state index contributed by atoms with van der Waals surface area (Å²) < 4.78 is 37.0. The number of esters is 1. The van der Waals surface area contributed by atoms with Crippen LogP contribution in [-0.4, -0.2) is 121 Å². The molecule has 0 aromatic carbocycles. The maximum Gasteiger partial charge on any atom is 0.311 e. The lowest BCUT2D eigenvalue weighted by Gasteiger charge is -2.63. The number of morpholine rings is 1. The van der Waals surface area contributed by atoms with Crippen LogP contribution in [0.5, 0.6) is 0 Å². The van der Waals surface area contributed by atoms with Crippen molar-refractivity contribution in [3.05, 3.63) is 0 Å². The van der Waals surface area contributed by atoms with Gasteiger partial charge in [-0.3, -0.25) is 9.69 Å². The zero-order valence-electron chi connectivity index (χ0n) is 32.5. The van der Waals surface area contributed by atoms with Crippen molar-refractivity contribution in [2.24, 2.45) is 57.0 Å². The van der Waals surface area contributed by atoms with Crippen LogP contribution in [0.2, 0.25) is 0 Å². The molecule has 0 aromatic heterocycles. The van der Waals surface area contributed by atoms with Crippen LogP contribution in [0.25, 0.3) is 0 Å². The number of hydrogen-bond donors (Lipinski definition) is 3. The smallest absolute Gasteiger partial charge is 0.311 e. The summed E-state index contributed by atoms with van der Waals surface area (Å²) in [5.41, 5.74) is 5.81. The van der Waals surface area contributed by atoms with Crippen molar-refractivity contribution in [3.63, 3.8) is 0 Å². The van der Waals surface area contributed by atoms with Crippen LogP contribution in [0.15, 0.2) is 0 Å². The van der Waals surface area contributed by atoms with E-state index in [2.05, 4.69) is 32.6 Å². The normalized spacial score (nSPS) is 51.9. The molecule has 0 aromatic rings. The van der Waals surface area contributed by atoms with Crippen LogP contribution in [0.1, 0.15) is 99.3 Å². The molecule has 2 spiro atoms. The monoisotopic (exact) mass is 730 g/mol. The minimum absolute atomic E-state index is 0.00173. The Hall–Kier alpha value is -0.890. The summed E-state index contributed by atoms with van der Waals surface area (Å²) in [6, 6.07) is 0.492. The first kappa shape index (κ1) is 36.7. The van der Waals surface area contributed by atoms with Gasteiger partial charge in [-0.25, -0.2) is 0 Å². The summed E-state index contributed by atoms with van der Waals surface area (Å²) in [4.78, 5) is 15.7. The van der Waals surface area contributed by atoms with Gasteiger partial charge in [0, 0.05) is 13.2 Å². The van der Waals surface area contributed by atoms with E-state index in [1.807, 2.05) is 0 Å². The molecule has 15 atom stereocenters. The van der Waals surface area contributed by atoms with Gasteiger partial charge in [0.1, 0.15) is 0 Å². The van der Waals surface area contributed by atoms with E-state index in [1.165, 1.54) is 6.42 Å². The van der Waals surface area contributed by atoms with Crippen LogP contribution in [-0.2, 0) is 33.2 Å². The third-order valence-electron chi connectivity index (χ3n) is 17.3. The molecule has 11 heteroatoms. The fourth-order valence-electron chi connectivity index (χ4n) is 14.7. The van der Waals surface area contributed by atoms with E-state index in [-0.39, 0.29) is 63.7 Å². The van der Waals surface area contributed by atoms with Gasteiger partial charge in [-0.1, -0.05) is 27.7 Å². The van der Waals surface area contributed by atoms with Gasteiger partial charge in [-0.15, -0.1) is 0 Å². The minimum Gasteiger partial charge on any atom is -0.456 e. The maximum atomic E-state index is 13.2. The quantitative estimate of drug-likeness (QED) is 0.331. The average Bonchev–Trinajstić information content (AvgIpc) is 3.31. The first-order valence-electron chi connectivity index (χ1n) is 20.8. The van der Waals surface area contributed by atoms with Crippen molar-refractivity contribution >= 4 is 5.97 Å². The minimum atomic E-state index is -1.32. The second-order valence-electron chi connectivity index (χ2n) is 20.4. The second kappa shape index (κ2) is 12.3. The van der Waals surface area contributed by atoms with Crippen molar-refractivity contribution in [3.8, 4) is 0 Å². The Labute approximate surface area is 310 Å². The molecular formula is C41H66N2O9. The van der Waals surface area contributed by atoms with Crippen molar-refractivity contribution in [1.82, 2.24) is 4.90 Å². The first-order chi connectivity index (χ1) is 24.6. The molecule has 294 valence electrons. The Morgan fingerprint density at radius 3 is 2.42 bits per heavy atom. The molecule has 4 aliphatic heterocycles. The van der Waals surface area contributed by atoms with Crippen molar-refractivity contribution in [2.45, 2.75) is 153 Å². The van der Waals surface area contributed by atoms with Crippen molar-refractivity contribution in [1.29, 1.82) is 0 Å². The highest BCUT2D eigenvalue weighted by atomic mass is 16.7. The Morgan fingerprint density at radius 1 is 0.981 bits per heavy atom. The first-order valence-corrected chi connectivity index (χ1v) is 20.8. The lowest BCUT2D eigenvalue weighted by atomic mass is 9.43. The SMILES string of the molecule is C[C@@H]1CC([C@H](OC(=O)C2CCOC2)C(C)(C)O)OC2[C@H]1C1(C)CCC34CC35CC[C@H](OC3CN(C6COC6)CCO3)C(C)(C)[C@@H]5CCC4[C@]1(N)[C@H]2O. The molecular weight excluding hydrogens is 664 g/mol. The van der Waals surface area contributed by atoms with Crippen molar-refractivity contribution < 1.29 is 43.4 Å². The number of nitrogens with zero attached hydrogens (tertiary/aromatic N) is 1. The van der Waals surface area contributed by atoms with E-state index in [9.17, 15) is 15.0 Å². The van der Waals surface area contributed by atoms with E-state index < -0.39 is 35.6 Å². The fraction of sp³-hybridized carbons (Fsp3) is 0.976. The van der Waals surface area contributed by atoms with Crippen LogP contribution in [0.3, 0.4) is 0 Å². The molecule has 9 aliphatic rings. The Bertz CT molecular complexity index is 1400. The average molecular weight is 731 g/mol. The van der Waals surface area contributed by atoms with Gasteiger partial charge in [0.2, 0.25) is 0 Å². The number of aliphatic hydroxyl groups excluding tert-OH is 1. The maximum absolute atomic E-state index is 13.2. The molecule has 5 aliphatic carbocycles. The summed E-state index contributed by atoms with van der Waals surface area (Å²) in [6.07, 6.45) is 6.07. The molecule has 9 fully saturated rings. The number of fused-ring (bicyclic) bond motifs is 4. The summed E-state index contributed by atoms with van der Waals surface area (Å²) in [6.45, 7) is 17.8. The van der Waals surface area contributed by atoms with Crippen molar-refractivity contribution in [2.75, 3.05) is 46.1 Å². The molecule has 4 saturated heterocycles. The number of rotatable bonds is 7. The number of nitrogens with two attached hydrogens (primary N) is 1. The zero-order chi connectivity index (χ0) is 36.6. The largest absolute Gasteiger partial charge is 0.456 e. The second-order valence-corrected chi connectivity index (χ2v) is 20.4. The summed E-state index contributed by atoms with van der Waals surface area (Å²) in [5, 5.41) is 23.9. The Kier molecular flexibility index (Phi) is 8.69. The molecule has 4 N–H and O–H groups in total. The highest BCUT2D eigenvalue weighted by Crippen LogP contribution is 2.87.